The lowest BCUT2D eigenvalue weighted by Gasteiger charge is -2.38. The molecule has 1 fully saturated rings. The first-order valence-corrected chi connectivity index (χ1v) is 7.69. The summed E-state index contributed by atoms with van der Waals surface area (Å²) >= 11 is 1.45. The fourth-order valence-corrected chi connectivity index (χ4v) is 3.27. The Kier molecular flexibility index (Phi) is 5.47. The Morgan fingerprint density at radius 3 is 3.15 bits per heavy atom. The molecule has 2 atom stereocenters. The smallest absolute Gasteiger partial charge is 0.223 e. The van der Waals surface area contributed by atoms with Gasteiger partial charge in [0.05, 0.1) is 11.8 Å². The van der Waals surface area contributed by atoms with Crippen molar-refractivity contribution in [2.75, 3.05) is 25.5 Å². The van der Waals surface area contributed by atoms with E-state index < -0.39 is 0 Å². The van der Waals surface area contributed by atoms with E-state index in [-0.39, 0.29) is 5.91 Å². The van der Waals surface area contributed by atoms with Crippen LogP contribution in [0.1, 0.15) is 25.5 Å². The highest BCUT2D eigenvalue weighted by Gasteiger charge is 2.27. The number of carbonyl (C=O) groups is 1. The van der Waals surface area contributed by atoms with Crippen molar-refractivity contribution in [1.29, 1.82) is 0 Å². The van der Waals surface area contributed by atoms with E-state index in [9.17, 15) is 4.79 Å². The Morgan fingerprint density at radius 1 is 1.70 bits per heavy atom. The zero-order valence-electron chi connectivity index (χ0n) is 12.0. The van der Waals surface area contributed by atoms with Gasteiger partial charge in [-0.25, -0.2) is 4.98 Å². The standard InChI is InChI=1S/C13H22N4O2S/c1-9(18)15-13-16-10(8-20-13)7-17-4-3-12(19-2)5-11(17)6-14/h8,11-12H,3-7,14H2,1-2H3,(H,15,16,18). The number of hydrogen-bond acceptors (Lipinski definition) is 6. The Morgan fingerprint density at radius 2 is 2.50 bits per heavy atom. The summed E-state index contributed by atoms with van der Waals surface area (Å²) in [6.07, 6.45) is 2.30. The second-order valence-electron chi connectivity index (χ2n) is 5.07. The zero-order valence-corrected chi connectivity index (χ0v) is 12.8. The van der Waals surface area contributed by atoms with Gasteiger partial charge in [-0.3, -0.25) is 9.69 Å². The van der Waals surface area contributed by atoms with E-state index in [1.54, 1.807) is 7.11 Å². The average Bonchev–Trinajstić information content (AvgIpc) is 2.85. The van der Waals surface area contributed by atoms with Crippen molar-refractivity contribution in [2.45, 2.75) is 38.5 Å². The molecule has 1 aromatic rings. The maximum Gasteiger partial charge on any atom is 0.223 e. The molecule has 20 heavy (non-hydrogen) atoms. The molecule has 1 aliphatic rings. The van der Waals surface area contributed by atoms with Crippen LogP contribution in [0.25, 0.3) is 0 Å². The summed E-state index contributed by atoms with van der Waals surface area (Å²) in [6.45, 7) is 3.85. The number of methoxy groups -OCH3 is 1. The number of likely N-dealkylation sites (tertiary alicyclic amines) is 1. The monoisotopic (exact) mass is 298 g/mol. The number of nitrogens with two attached hydrogens (primary N) is 1. The SMILES string of the molecule is COC1CCN(Cc2csc(NC(C)=O)n2)C(CN)C1. The van der Waals surface area contributed by atoms with Gasteiger partial charge in [0.1, 0.15) is 0 Å². The van der Waals surface area contributed by atoms with E-state index in [2.05, 4.69) is 15.2 Å². The Balaban J connectivity index is 1.94. The van der Waals surface area contributed by atoms with E-state index in [1.165, 1.54) is 18.3 Å². The van der Waals surface area contributed by atoms with Crippen LogP contribution in [-0.4, -0.2) is 48.1 Å². The van der Waals surface area contributed by atoms with Crippen LogP contribution in [0.3, 0.4) is 0 Å². The van der Waals surface area contributed by atoms with Gasteiger partial charge in [0.15, 0.2) is 5.13 Å². The van der Waals surface area contributed by atoms with Gasteiger partial charge in [0, 0.05) is 45.1 Å². The molecule has 6 nitrogen and oxygen atoms in total. The molecule has 2 heterocycles. The number of thiazole rings is 1. The van der Waals surface area contributed by atoms with Crippen LogP contribution < -0.4 is 11.1 Å². The van der Waals surface area contributed by atoms with Gasteiger partial charge in [-0.15, -0.1) is 11.3 Å². The number of ether oxygens (including phenoxy) is 1. The average molecular weight is 298 g/mol. The molecule has 1 saturated heterocycles. The van der Waals surface area contributed by atoms with E-state index >= 15 is 0 Å². The van der Waals surface area contributed by atoms with Crippen LogP contribution >= 0.6 is 11.3 Å². The summed E-state index contributed by atoms with van der Waals surface area (Å²) < 4.78 is 5.43. The van der Waals surface area contributed by atoms with Crippen molar-refractivity contribution >= 4 is 22.4 Å². The molecule has 0 aliphatic carbocycles. The second-order valence-corrected chi connectivity index (χ2v) is 5.93. The predicted molar refractivity (Wildman–Crippen MR) is 79.7 cm³/mol. The van der Waals surface area contributed by atoms with Crippen LogP contribution in [0.4, 0.5) is 5.13 Å². The molecule has 2 unspecified atom stereocenters. The normalized spacial score (nSPS) is 23.8. The van der Waals surface area contributed by atoms with E-state index in [1.807, 2.05) is 5.38 Å². The molecule has 0 bridgehead atoms. The Labute approximate surface area is 123 Å². The highest BCUT2D eigenvalue weighted by molar-refractivity contribution is 7.13. The maximum absolute atomic E-state index is 11.0. The molecule has 1 aliphatic heterocycles. The third-order valence-electron chi connectivity index (χ3n) is 3.59. The lowest BCUT2D eigenvalue weighted by molar-refractivity contribution is -0.114. The number of anilines is 1. The quantitative estimate of drug-likeness (QED) is 0.849. The maximum atomic E-state index is 11.0. The van der Waals surface area contributed by atoms with Crippen molar-refractivity contribution < 1.29 is 9.53 Å². The number of nitrogens with one attached hydrogen (secondary N) is 1. The molecule has 1 amide bonds. The van der Waals surface area contributed by atoms with Gasteiger partial charge in [-0.05, 0) is 12.8 Å². The summed E-state index contributed by atoms with van der Waals surface area (Å²) in [5.74, 6) is -0.0911. The molecule has 0 radical (unpaired) electrons. The summed E-state index contributed by atoms with van der Waals surface area (Å²) in [4.78, 5) is 17.8. The fraction of sp³-hybridized carbons (Fsp3) is 0.692. The number of amides is 1. The van der Waals surface area contributed by atoms with Gasteiger partial charge in [0.25, 0.3) is 0 Å². The van der Waals surface area contributed by atoms with Crippen LogP contribution in [0.5, 0.6) is 0 Å². The number of carbonyl (C=O) groups excluding carboxylic acids is 1. The Hall–Kier alpha value is -1.02. The summed E-state index contributed by atoms with van der Waals surface area (Å²) in [5.41, 5.74) is 6.84. The van der Waals surface area contributed by atoms with Crippen molar-refractivity contribution in [1.82, 2.24) is 9.88 Å². The highest BCUT2D eigenvalue weighted by Crippen LogP contribution is 2.23. The highest BCUT2D eigenvalue weighted by atomic mass is 32.1. The van der Waals surface area contributed by atoms with E-state index in [0.29, 0.717) is 23.8 Å². The topological polar surface area (TPSA) is 80.5 Å². The first-order valence-electron chi connectivity index (χ1n) is 6.81. The Bertz CT molecular complexity index is 451. The minimum absolute atomic E-state index is 0.0911. The predicted octanol–water partition coefficient (Wildman–Crippen LogP) is 1.04. The third-order valence-corrected chi connectivity index (χ3v) is 4.40. The molecular formula is C13H22N4O2S. The number of rotatable bonds is 5. The molecule has 0 saturated carbocycles. The number of nitrogens with zero attached hydrogens (tertiary/aromatic N) is 2. The van der Waals surface area contributed by atoms with Crippen molar-refractivity contribution in [2.24, 2.45) is 5.73 Å². The number of hydrogen-bond donors (Lipinski definition) is 2. The minimum atomic E-state index is -0.0911. The lowest BCUT2D eigenvalue weighted by Crippen LogP contribution is -2.48. The van der Waals surface area contributed by atoms with Crippen molar-refractivity contribution in [3.05, 3.63) is 11.1 Å². The van der Waals surface area contributed by atoms with Gasteiger partial charge in [0.2, 0.25) is 5.91 Å². The molecule has 112 valence electrons. The first-order chi connectivity index (χ1) is 9.62. The van der Waals surface area contributed by atoms with Gasteiger partial charge < -0.3 is 15.8 Å². The zero-order chi connectivity index (χ0) is 14.5. The van der Waals surface area contributed by atoms with Crippen LogP contribution in [0, 0.1) is 0 Å². The summed E-state index contributed by atoms with van der Waals surface area (Å²) in [5, 5.41) is 5.35. The van der Waals surface area contributed by atoms with Gasteiger partial charge in [-0.1, -0.05) is 0 Å². The fourth-order valence-electron chi connectivity index (χ4n) is 2.53. The molecule has 1 aromatic heterocycles. The van der Waals surface area contributed by atoms with Crippen LogP contribution in [0.2, 0.25) is 0 Å². The largest absolute Gasteiger partial charge is 0.381 e. The molecule has 2 rings (SSSR count). The van der Waals surface area contributed by atoms with Crippen LogP contribution in [-0.2, 0) is 16.1 Å². The van der Waals surface area contributed by atoms with Gasteiger partial charge >= 0.3 is 0 Å². The van der Waals surface area contributed by atoms with Crippen LogP contribution in [0.15, 0.2) is 5.38 Å². The van der Waals surface area contributed by atoms with Crippen molar-refractivity contribution in [3.8, 4) is 0 Å². The molecule has 7 heteroatoms. The van der Waals surface area contributed by atoms with E-state index in [4.69, 9.17) is 10.5 Å². The molecule has 3 N–H and O–H groups in total. The van der Waals surface area contributed by atoms with Crippen molar-refractivity contribution in [3.63, 3.8) is 0 Å². The van der Waals surface area contributed by atoms with E-state index in [0.717, 1.165) is 31.6 Å². The lowest BCUT2D eigenvalue weighted by atomic mass is 9.99. The molecule has 0 spiro atoms. The minimum Gasteiger partial charge on any atom is -0.381 e. The number of aromatic nitrogens is 1. The first kappa shape index (κ1) is 15.4. The third kappa shape index (κ3) is 3.99. The second kappa shape index (κ2) is 7.12. The molecular weight excluding hydrogens is 276 g/mol. The summed E-state index contributed by atoms with van der Waals surface area (Å²) in [6, 6.07) is 0.333. The summed E-state index contributed by atoms with van der Waals surface area (Å²) in [7, 11) is 1.76. The molecule has 0 aromatic carbocycles. The number of piperidine rings is 1. The van der Waals surface area contributed by atoms with Gasteiger partial charge in [-0.2, -0.15) is 0 Å².